The third kappa shape index (κ3) is 2.28. The van der Waals surface area contributed by atoms with Gasteiger partial charge in [-0.2, -0.15) is 0 Å². The van der Waals surface area contributed by atoms with Gasteiger partial charge in [0, 0.05) is 5.33 Å². The Morgan fingerprint density at radius 1 is 1.62 bits per heavy atom. The molecule has 0 unspecified atom stereocenters. The van der Waals surface area contributed by atoms with Gasteiger partial charge in [-0.15, -0.1) is 0 Å². The third-order valence-corrected chi connectivity index (χ3v) is 2.30. The van der Waals surface area contributed by atoms with Crippen LogP contribution in [0.25, 0.3) is 0 Å². The molecule has 1 aromatic rings. The fourth-order valence-corrected chi connectivity index (χ4v) is 1.42. The third-order valence-electron chi connectivity index (χ3n) is 1.42. The maximum absolute atomic E-state index is 12.3. The Bertz CT molecular complexity index is 322. The molecule has 0 aliphatic carbocycles. The number of nitrogens with zero attached hydrogens (tertiary/aromatic N) is 1. The highest BCUT2D eigenvalue weighted by Gasteiger charge is 2.16. The van der Waals surface area contributed by atoms with Gasteiger partial charge >= 0.3 is 0 Å². The standard InChI is InChI=1S/C7H5BrClF2NO/c8-2-3-1-4(13)6(9)12-5(3)7(10)11/h1,7,13H,2H2. The fraction of sp³-hybridized carbons (Fsp3) is 0.286. The van der Waals surface area contributed by atoms with E-state index in [0.717, 1.165) is 0 Å². The maximum Gasteiger partial charge on any atom is 0.280 e. The summed E-state index contributed by atoms with van der Waals surface area (Å²) < 4.78 is 24.6. The molecule has 0 saturated heterocycles. The molecule has 72 valence electrons. The van der Waals surface area contributed by atoms with E-state index in [1.165, 1.54) is 6.07 Å². The Morgan fingerprint density at radius 3 is 2.69 bits per heavy atom. The molecule has 0 radical (unpaired) electrons. The molecule has 13 heavy (non-hydrogen) atoms. The molecule has 1 rings (SSSR count). The van der Waals surface area contributed by atoms with Crippen molar-refractivity contribution in [2.75, 3.05) is 0 Å². The van der Waals surface area contributed by atoms with Gasteiger partial charge in [0.15, 0.2) is 10.9 Å². The van der Waals surface area contributed by atoms with Crippen LogP contribution >= 0.6 is 27.5 Å². The molecular weight excluding hydrogens is 267 g/mol. The Balaban J connectivity index is 3.25. The van der Waals surface area contributed by atoms with E-state index in [1.807, 2.05) is 0 Å². The lowest BCUT2D eigenvalue weighted by atomic mass is 10.2. The van der Waals surface area contributed by atoms with Gasteiger partial charge in [0.05, 0.1) is 0 Å². The zero-order valence-corrected chi connectivity index (χ0v) is 8.61. The molecule has 0 fully saturated rings. The van der Waals surface area contributed by atoms with Gasteiger partial charge in [0.1, 0.15) is 5.69 Å². The minimum absolute atomic E-state index is 0.199. The van der Waals surface area contributed by atoms with Crippen LogP contribution in [-0.4, -0.2) is 10.1 Å². The van der Waals surface area contributed by atoms with Gasteiger partial charge < -0.3 is 5.11 Å². The van der Waals surface area contributed by atoms with Crippen LogP contribution in [0, 0.1) is 0 Å². The smallest absolute Gasteiger partial charge is 0.280 e. The van der Waals surface area contributed by atoms with Gasteiger partial charge in [-0.1, -0.05) is 27.5 Å². The van der Waals surface area contributed by atoms with E-state index in [9.17, 15) is 8.78 Å². The zero-order valence-electron chi connectivity index (χ0n) is 6.27. The summed E-state index contributed by atoms with van der Waals surface area (Å²) in [6.45, 7) is 0. The molecule has 0 aliphatic heterocycles. The number of alkyl halides is 3. The van der Waals surface area contributed by atoms with Crippen LogP contribution in [0.1, 0.15) is 17.7 Å². The zero-order chi connectivity index (χ0) is 10.0. The molecule has 0 spiro atoms. The minimum Gasteiger partial charge on any atom is -0.505 e. The molecule has 2 nitrogen and oxygen atoms in total. The van der Waals surface area contributed by atoms with Crippen molar-refractivity contribution in [2.24, 2.45) is 0 Å². The SMILES string of the molecule is Oc1cc(CBr)c(C(F)F)nc1Cl. The Hall–Kier alpha value is -0.420. The normalized spacial score (nSPS) is 10.8. The Kier molecular flexibility index (Phi) is 3.44. The van der Waals surface area contributed by atoms with E-state index in [1.54, 1.807) is 0 Å². The lowest BCUT2D eigenvalue weighted by molar-refractivity contribution is 0.145. The number of aromatic hydroxyl groups is 1. The van der Waals surface area contributed by atoms with E-state index in [4.69, 9.17) is 16.7 Å². The molecule has 0 atom stereocenters. The largest absolute Gasteiger partial charge is 0.505 e. The second-order valence-electron chi connectivity index (χ2n) is 2.28. The van der Waals surface area contributed by atoms with Crippen molar-refractivity contribution < 1.29 is 13.9 Å². The maximum atomic E-state index is 12.3. The Labute approximate surface area is 86.7 Å². The van der Waals surface area contributed by atoms with Crippen LogP contribution in [0.2, 0.25) is 5.15 Å². The van der Waals surface area contributed by atoms with Crippen molar-refractivity contribution >= 4 is 27.5 Å². The van der Waals surface area contributed by atoms with Gasteiger partial charge in [0.25, 0.3) is 6.43 Å². The van der Waals surface area contributed by atoms with E-state index < -0.39 is 12.1 Å². The topological polar surface area (TPSA) is 33.1 Å². The summed E-state index contributed by atoms with van der Waals surface area (Å²) in [4.78, 5) is 3.38. The molecule has 0 bridgehead atoms. The monoisotopic (exact) mass is 271 g/mol. The lowest BCUT2D eigenvalue weighted by Gasteiger charge is -2.06. The summed E-state index contributed by atoms with van der Waals surface area (Å²) in [5, 5.41) is 8.97. The average Bonchev–Trinajstić information content (AvgIpc) is 2.08. The van der Waals surface area contributed by atoms with Gasteiger partial charge in [-0.05, 0) is 11.6 Å². The van der Waals surface area contributed by atoms with E-state index in [-0.39, 0.29) is 21.8 Å². The fourth-order valence-electron chi connectivity index (χ4n) is 0.829. The summed E-state index contributed by atoms with van der Waals surface area (Å²) in [6.07, 6.45) is -2.69. The second kappa shape index (κ2) is 4.19. The first-order chi connectivity index (χ1) is 6.06. The van der Waals surface area contributed by atoms with Crippen molar-refractivity contribution in [3.63, 3.8) is 0 Å². The predicted molar refractivity (Wildman–Crippen MR) is 48.5 cm³/mol. The molecule has 1 aromatic heterocycles. The molecule has 1 heterocycles. The van der Waals surface area contributed by atoms with Crippen LogP contribution in [0.5, 0.6) is 5.75 Å². The number of halogens is 4. The highest BCUT2D eigenvalue weighted by molar-refractivity contribution is 9.08. The van der Waals surface area contributed by atoms with Crippen LogP contribution in [0.3, 0.4) is 0 Å². The molecule has 0 saturated carbocycles. The van der Waals surface area contributed by atoms with Crippen LogP contribution in [0.4, 0.5) is 8.78 Å². The van der Waals surface area contributed by atoms with E-state index in [2.05, 4.69) is 20.9 Å². The average molecular weight is 272 g/mol. The molecule has 0 amide bonds. The minimum atomic E-state index is -2.69. The molecule has 6 heteroatoms. The number of hydrogen-bond donors (Lipinski definition) is 1. The number of aromatic nitrogens is 1. The summed E-state index contributed by atoms with van der Waals surface area (Å²) in [5.41, 5.74) is -0.170. The molecule has 1 N–H and O–H groups in total. The van der Waals surface area contributed by atoms with Crippen molar-refractivity contribution in [1.29, 1.82) is 0 Å². The van der Waals surface area contributed by atoms with Crippen molar-refractivity contribution in [1.82, 2.24) is 4.98 Å². The molecular formula is C7H5BrClF2NO. The van der Waals surface area contributed by atoms with Crippen molar-refractivity contribution in [3.8, 4) is 5.75 Å². The number of pyridine rings is 1. The molecule has 0 aromatic carbocycles. The van der Waals surface area contributed by atoms with E-state index >= 15 is 0 Å². The summed E-state index contributed by atoms with van der Waals surface area (Å²) in [5.74, 6) is -0.291. The summed E-state index contributed by atoms with van der Waals surface area (Å²) >= 11 is 8.38. The molecule has 0 aliphatic rings. The lowest BCUT2D eigenvalue weighted by Crippen LogP contribution is -1.96. The first kappa shape index (κ1) is 10.7. The van der Waals surface area contributed by atoms with Gasteiger partial charge in [-0.3, -0.25) is 0 Å². The van der Waals surface area contributed by atoms with E-state index in [0.29, 0.717) is 0 Å². The Morgan fingerprint density at radius 2 is 2.23 bits per heavy atom. The van der Waals surface area contributed by atoms with Gasteiger partial charge in [0.2, 0.25) is 0 Å². The van der Waals surface area contributed by atoms with Gasteiger partial charge in [-0.25, -0.2) is 13.8 Å². The summed E-state index contributed by atoms with van der Waals surface area (Å²) in [7, 11) is 0. The van der Waals surface area contributed by atoms with Crippen LogP contribution < -0.4 is 0 Å². The van der Waals surface area contributed by atoms with Crippen molar-refractivity contribution in [2.45, 2.75) is 11.8 Å². The van der Waals surface area contributed by atoms with Crippen molar-refractivity contribution in [3.05, 3.63) is 22.5 Å². The van der Waals surface area contributed by atoms with Crippen LogP contribution in [-0.2, 0) is 5.33 Å². The quantitative estimate of drug-likeness (QED) is 0.662. The second-order valence-corrected chi connectivity index (χ2v) is 3.20. The highest BCUT2D eigenvalue weighted by Crippen LogP contribution is 2.30. The first-order valence-corrected chi connectivity index (χ1v) is 4.78. The summed E-state index contributed by atoms with van der Waals surface area (Å²) in [6, 6.07) is 1.17. The number of rotatable bonds is 2. The van der Waals surface area contributed by atoms with Crippen LogP contribution in [0.15, 0.2) is 6.07 Å². The highest BCUT2D eigenvalue weighted by atomic mass is 79.9. The first-order valence-electron chi connectivity index (χ1n) is 3.28. The predicted octanol–water partition coefficient (Wildman–Crippen LogP) is 3.27. The number of hydrogen-bond acceptors (Lipinski definition) is 2.